The van der Waals surface area contributed by atoms with E-state index in [-0.39, 0.29) is 22.9 Å². The summed E-state index contributed by atoms with van der Waals surface area (Å²) in [4.78, 5) is 4.66. The zero-order valence-electron chi connectivity index (χ0n) is 42.1. The predicted molar refractivity (Wildman–Crippen MR) is 303 cm³/mol. The molecule has 0 saturated carbocycles. The van der Waals surface area contributed by atoms with Crippen LogP contribution in [-0.2, 0) is 10.8 Å². The zero-order chi connectivity index (χ0) is 49.6. The lowest BCUT2D eigenvalue weighted by atomic mass is 9.87. The Morgan fingerprint density at radius 2 is 0.836 bits per heavy atom. The van der Waals surface area contributed by atoms with Crippen LogP contribution in [0.4, 0.5) is 34.1 Å². The van der Waals surface area contributed by atoms with E-state index in [1.807, 2.05) is 0 Å². The summed E-state index contributed by atoms with van der Waals surface area (Å²) in [6.07, 6.45) is 4.33. The fourth-order valence-corrected chi connectivity index (χ4v) is 10.9. The van der Waals surface area contributed by atoms with Gasteiger partial charge < -0.3 is 23.4 Å². The highest BCUT2D eigenvalue weighted by Crippen LogP contribution is 2.47. The van der Waals surface area contributed by atoms with E-state index in [4.69, 9.17) is 13.6 Å². The highest BCUT2D eigenvalue weighted by molar-refractivity contribution is 6.07. The molecule has 2 atom stereocenters. The third kappa shape index (κ3) is 7.97. The van der Waals surface area contributed by atoms with Gasteiger partial charge in [0.25, 0.3) is 0 Å². The molecular weight excluding hydrogens is 893 g/mol. The van der Waals surface area contributed by atoms with Gasteiger partial charge >= 0.3 is 0 Å². The average Bonchev–Trinajstić information content (AvgIpc) is 4.07. The smallest absolute Gasteiger partial charge is 0.137 e. The fourth-order valence-electron chi connectivity index (χ4n) is 10.9. The summed E-state index contributed by atoms with van der Waals surface area (Å²) in [5, 5.41) is 4.22. The van der Waals surface area contributed by atoms with Crippen LogP contribution in [0.5, 0.6) is 5.75 Å². The first-order valence-electron chi connectivity index (χ1n) is 25.5. The number of hydrogen-bond donors (Lipinski definition) is 0. The van der Waals surface area contributed by atoms with Gasteiger partial charge in [-0.15, -0.1) is 0 Å². The SMILES string of the molecule is CC(C)(C)c1cccc(N(c2ccc(-c3ccccc3)cc2)c2ccc3c4c(oc3c2)=CC2c3cc5oc6cc(N(c7ccc(-c8ccccc8)cc7)c7cccc(C(C)(C)C)c7)ccc6c5cc3OC2C=4)c1. The molecule has 2 aromatic heterocycles. The Bertz CT molecular complexity index is 4020. The number of furan rings is 2. The Morgan fingerprint density at radius 1 is 0.370 bits per heavy atom. The van der Waals surface area contributed by atoms with Crippen molar-refractivity contribution in [2.45, 2.75) is 64.4 Å². The largest absolute Gasteiger partial charge is 0.485 e. The Hall–Kier alpha value is -8.54. The highest BCUT2D eigenvalue weighted by atomic mass is 16.5. The molecule has 73 heavy (non-hydrogen) atoms. The summed E-state index contributed by atoms with van der Waals surface area (Å²) in [6.45, 7) is 13.6. The molecule has 5 heteroatoms. The molecule has 0 amide bonds. The standard InChI is InChI=1S/C68H56N2O3/c1-67(2,3)47-19-13-21-51(35-47)69(49-27-23-45(24-28-49)43-15-9-7-10-16-43)53-31-33-55-57-39-65-59(41-63(57)71-61(55)37-53)60-42-64-58(40-66(60)73-65)56-34-32-54(38-62(56)72-64)70(52-22-14-20-48(36-52)68(4,5)6)50-29-25-46(26-30-50)44-17-11-8-12-18-44/h7-42,59,65H,1-6H3. The molecule has 9 aromatic carbocycles. The van der Waals surface area contributed by atoms with E-state index in [0.29, 0.717) is 0 Å². The van der Waals surface area contributed by atoms with Crippen LogP contribution in [0.25, 0.3) is 67.3 Å². The topological polar surface area (TPSA) is 42.0 Å². The van der Waals surface area contributed by atoms with Crippen molar-refractivity contribution in [1.82, 2.24) is 0 Å². The molecule has 0 saturated heterocycles. The lowest BCUT2D eigenvalue weighted by Gasteiger charge is -2.28. The average molecular weight is 949 g/mol. The van der Waals surface area contributed by atoms with Gasteiger partial charge in [-0.2, -0.15) is 0 Å². The van der Waals surface area contributed by atoms with Crippen molar-refractivity contribution in [2.75, 3.05) is 9.80 Å². The number of benzene rings is 9. The van der Waals surface area contributed by atoms with E-state index in [0.717, 1.165) is 89.0 Å². The minimum absolute atomic E-state index is 0.00827. The molecule has 1 aliphatic carbocycles. The Labute approximate surface area is 426 Å². The Balaban J connectivity index is 0.853. The van der Waals surface area contributed by atoms with Crippen molar-refractivity contribution >= 4 is 79.2 Å². The number of rotatable bonds is 8. The molecule has 1 aliphatic heterocycles. The summed E-state index contributed by atoms with van der Waals surface area (Å²) >= 11 is 0. The van der Waals surface area contributed by atoms with Crippen molar-refractivity contribution in [3.05, 3.63) is 234 Å². The van der Waals surface area contributed by atoms with Gasteiger partial charge in [-0.3, -0.25) is 0 Å². The minimum Gasteiger partial charge on any atom is -0.485 e. The molecular formula is C68H56N2O3. The predicted octanol–water partition coefficient (Wildman–Crippen LogP) is 17.3. The second kappa shape index (κ2) is 17.1. The van der Waals surface area contributed by atoms with E-state index in [2.05, 4.69) is 270 Å². The van der Waals surface area contributed by atoms with Gasteiger partial charge in [0.2, 0.25) is 0 Å². The number of nitrogens with zero attached hydrogens (tertiary/aromatic N) is 2. The number of ether oxygens (including phenoxy) is 1. The number of anilines is 6. The number of hydrogen-bond acceptors (Lipinski definition) is 5. The van der Waals surface area contributed by atoms with Crippen LogP contribution in [0, 0.1) is 0 Å². The van der Waals surface area contributed by atoms with Gasteiger partial charge in [0, 0.05) is 73.2 Å². The Kier molecular flexibility index (Phi) is 10.4. The maximum Gasteiger partial charge on any atom is 0.137 e. The van der Waals surface area contributed by atoms with E-state index in [1.54, 1.807) is 0 Å². The van der Waals surface area contributed by atoms with Gasteiger partial charge in [0.05, 0.1) is 5.92 Å². The van der Waals surface area contributed by atoms with Gasteiger partial charge in [-0.05, 0) is 141 Å². The summed E-state index contributed by atoms with van der Waals surface area (Å²) in [6, 6.07) is 74.1. The van der Waals surface area contributed by atoms with E-state index >= 15 is 0 Å². The lowest BCUT2D eigenvalue weighted by molar-refractivity contribution is 0.287. The molecule has 2 unspecified atom stereocenters. The second-order valence-corrected chi connectivity index (χ2v) is 21.8. The fraction of sp³-hybridized carbons (Fsp3) is 0.147. The van der Waals surface area contributed by atoms with Gasteiger partial charge in [-0.25, -0.2) is 0 Å². The van der Waals surface area contributed by atoms with E-state index in [1.165, 1.54) is 33.4 Å². The Morgan fingerprint density at radius 3 is 1.37 bits per heavy atom. The first-order chi connectivity index (χ1) is 35.4. The third-order valence-electron chi connectivity index (χ3n) is 14.9. The van der Waals surface area contributed by atoms with Crippen molar-refractivity contribution in [2.24, 2.45) is 0 Å². The van der Waals surface area contributed by atoms with Crippen LogP contribution in [0.2, 0.25) is 0 Å². The van der Waals surface area contributed by atoms with Crippen molar-refractivity contribution < 1.29 is 13.6 Å². The van der Waals surface area contributed by atoms with Crippen LogP contribution in [0.15, 0.2) is 215 Å². The minimum atomic E-state index is -0.169. The number of fused-ring (bicyclic) bond motifs is 9. The molecule has 5 nitrogen and oxygen atoms in total. The highest BCUT2D eigenvalue weighted by Gasteiger charge is 2.35. The molecule has 0 spiro atoms. The monoisotopic (exact) mass is 948 g/mol. The lowest BCUT2D eigenvalue weighted by Crippen LogP contribution is -2.32. The van der Waals surface area contributed by atoms with Gasteiger partial charge in [0.15, 0.2) is 0 Å². The van der Waals surface area contributed by atoms with Crippen LogP contribution in [-0.4, -0.2) is 6.10 Å². The van der Waals surface area contributed by atoms with Crippen LogP contribution in [0.3, 0.4) is 0 Å². The van der Waals surface area contributed by atoms with Crippen LogP contribution < -0.4 is 25.2 Å². The normalized spacial score (nSPS) is 15.0. The molecule has 3 heterocycles. The quantitative estimate of drug-likeness (QED) is 0.152. The zero-order valence-corrected chi connectivity index (χ0v) is 42.1. The maximum absolute atomic E-state index is 6.84. The van der Waals surface area contributed by atoms with Crippen molar-refractivity contribution in [3.63, 3.8) is 0 Å². The first kappa shape index (κ1) is 44.4. The molecule has 0 bridgehead atoms. The van der Waals surface area contributed by atoms with Crippen LogP contribution in [0.1, 0.15) is 64.2 Å². The summed E-state index contributed by atoms with van der Waals surface area (Å²) < 4.78 is 20.5. The summed E-state index contributed by atoms with van der Waals surface area (Å²) in [5.41, 5.74) is 18.1. The summed E-state index contributed by atoms with van der Waals surface area (Å²) in [7, 11) is 0. The van der Waals surface area contributed by atoms with Crippen LogP contribution >= 0.6 is 0 Å². The van der Waals surface area contributed by atoms with Crippen molar-refractivity contribution in [1.29, 1.82) is 0 Å². The molecule has 13 rings (SSSR count). The molecule has 11 aromatic rings. The van der Waals surface area contributed by atoms with Gasteiger partial charge in [0.1, 0.15) is 34.0 Å². The molecule has 356 valence electrons. The van der Waals surface area contributed by atoms with E-state index in [9.17, 15) is 0 Å². The first-order valence-corrected chi connectivity index (χ1v) is 25.5. The van der Waals surface area contributed by atoms with Crippen molar-refractivity contribution in [3.8, 4) is 28.0 Å². The molecule has 2 aliphatic rings. The molecule has 0 fully saturated rings. The third-order valence-corrected chi connectivity index (χ3v) is 14.9. The van der Waals surface area contributed by atoms with E-state index < -0.39 is 0 Å². The summed E-state index contributed by atoms with van der Waals surface area (Å²) in [5.74, 6) is 0.851. The van der Waals surface area contributed by atoms with Gasteiger partial charge in [-0.1, -0.05) is 151 Å². The second-order valence-electron chi connectivity index (χ2n) is 21.8. The molecule has 0 radical (unpaired) electrons. The molecule has 0 N–H and O–H groups in total. The maximum atomic E-state index is 6.84.